The number of rotatable bonds is 4. The van der Waals surface area contributed by atoms with Crippen LogP contribution in [0.15, 0.2) is 54.7 Å². The third-order valence-electron chi connectivity index (χ3n) is 6.69. The van der Waals surface area contributed by atoms with Gasteiger partial charge in [0.05, 0.1) is 28.8 Å². The average Bonchev–Trinajstić information content (AvgIpc) is 3.20. The molecule has 2 N–H and O–H groups in total. The standard InChI is InChI=1S/C26H22F2N6O3/c27-17-10-18(28)24-20(11-17)34(14-23(35)33-7-8-37-21-4-2-1-3-19(21)33)31-25(24)16-12-32(13-16)26(36)15-5-6-30-22(29)9-15/h1-6,9-11,16H,7-8,12-14H2,(H2,29,30). The lowest BCUT2D eigenvalue weighted by atomic mass is 9.93. The number of likely N-dealkylation sites (tertiary alicyclic amines) is 1. The Bertz CT molecular complexity index is 1550. The number of carbonyl (C=O) groups excluding carboxylic acids is 2. The van der Waals surface area contributed by atoms with Crippen LogP contribution in [0.2, 0.25) is 0 Å². The Morgan fingerprint density at radius 1 is 1.11 bits per heavy atom. The van der Waals surface area contributed by atoms with Crippen molar-refractivity contribution in [1.82, 2.24) is 19.7 Å². The number of hydrogen-bond acceptors (Lipinski definition) is 6. The maximum absolute atomic E-state index is 15.0. The van der Waals surface area contributed by atoms with Crippen molar-refractivity contribution in [2.75, 3.05) is 36.9 Å². The van der Waals surface area contributed by atoms with Gasteiger partial charge < -0.3 is 20.3 Å². The van der Waals surface area contributed by atoms with Crippen LogP contribution in [0.4, 0.5) is 20.3 Å². The number of ether oxygens (including phenoxy) is 1. The Kier molecular flexibility index (Phi) is 5.47. The summed E-state index contributed by atoms with van der Waals surface area (Å²) in [6.45, 7) is 1.08. The molecule has 0 spiro atoms. The molecule has 1 saturated heterocycles. The van der Waals surface area contributed by atoms with Gasteiger partial charge in [0, 0.05) is 42.9 Å². The minimum atomic E-state index is -0.762. The number of benzene rings is 2. The van der Waals surface area contributed by atoms with E-state index in [0.717, 1.165) is 6.07 Å². The Labute approximate surface area is 210 Å². The van der Waals surface area contributed by atoms with Crippen LogP contribution in [-0.4, -0.2) is 57.7 Å². The number of para-hydroxylation sites is 2. The van der Waals surface area contributed by atoms with Crippen molar-refractivity contribution in [3.05, 3.63) is 77.6 Å². The summed E-state index contributed by atoms with van der Waals surface area (Å²) in [6.07, 6.45) is 1.46. The molecule has 188 valence electrons. The Hall–Kier alpha value is -4.54. The lowest BCUT2D eigenvalue weighted by Crippen LogP contribution is -2.48. The second kappa shape index (κ2) is 8.84. The second-order valence-corrected chi connectivity index (χ2v) is 9.06. The van der Waals surface area contributed by atoms with Crippen LogP contribution < -0.4 is 15.4 Å². The zero-order valence-electron chi connectivity index (χ0n) is 19.6. The van der Waals surface area contributed by atoms with Crippen LogP contribution in [0, 0.1) is 11.6 Å². The van der Waals surface area contributed by atoms with Crippen molar-refractivity contribution in [2.45, 2.75) is 12.5 Å². The number of hydrogen-bond donors (Lipinski definition) is 1. The first-order valence-corrected chi connectivity index (χ1v) is 11.8. The number of fused-ring (bicyclic) bond motifs is 2. The summed E-state index contributed by atoms with van der Waals surface area (Å²) in [5.74, 6) is -1.45. The molecule has 2 aromatic heterocycles. The molecule has 2 aromatic carbocycles. The Morgan fingerprint density at radius 3 is 2.73 bits per heavy atom. The molecule has 0 bridgehead atoms. The maximum Gasteiger partial charge on any atom is 0.254 e. The molecule has 4 heterocycles. The van der Waals surface area contributed by atoms with Crippen molar-refractivity contribution in [3.63, 3.8) is 0 Å². The number of nitrogens with zero attached hydrogens (tertiary/aromatic N) is 5. The predicted molar refractivity (Wildman–Crippen MR) is 131 cm³/mol. The fraction of sp³-hybridized carbons (Fsp3) is 0.231. The third kappa shape index (κ3) is 4.02. The minimum absolute atomic E-state index is 0.154. The largest absolute Gasteiger partial charge is 0.490 e. The maximum atomic E-state index is 15.0. The summed E-state index contributed by atoms with van der Waals surface area (Å²) >= 11 is 0. The van der Waals surface area contributed by atoms with Crippen molar-refractivity contribution < 1.29 is 23.1 Å². The first-order chi connectivity index (χ1) is 17.9. The molecule has 0 saturated carbocycles. The quantitative estimate of drug-likeness (QED) is 0.458. The van der Waals surface area contributed by atoms with Crippen molar-refractivity contribution >= 4 is 34.2 Å². The zero-order chi connectivity index (χ0) is 25.7. The molecular formula is C26H22F2N6O3. The van der Waals surface area contributed by atoms with Gasteiger partial charge in [-0.15, -0.1) is 0 Å². The molecule has 6 rings (SSSR count). The number of carbonyl (C=O) groups is 2. The number of aromatic nitrogens is 3. The molecule has 0 radical (unpaired) electrons. The van der Waals surface area contributed by atoms with Gasteiger partial charge in [-0.2, -0.15) is 5.10 Å². The Balaban J connectivity index is 1.28. The number of nitrogens with two attached hydrogens (primary N) is 1. The van der Waals surface area contributed by atoms with Gasteiger partial charge in [-0.05, 0) is 24.3 Å². The molecule has 0 unspecified atom stereocenters. The topological polar surface area (TPSA) is 107 Å². The fourth-order valence-electron chi connectivity index (χ4n) is 4.88. The minimum Gasteiger partial charge on any atom is -0.490 e. The number of nitrogen functional groups attached to an aromatic ring is 1. The van der Waals surface area contributed by atoms with Crippen LogP contribution in [0.1, 0.15) is 22.0 Å². The molecule has 2 aliphatic heterocycles. The van der Waals surface area contributed by atoms with E-state index in [9.17, 15) is 18.4 Å². The fourth-order valence-corrected chi connectivity index (χ4v) is 4.88. The molecule has 4 aromatic rings. The van der Waals surface area contributed by atoms with Crippen molar-refractivity contribution in [2.24, 2.45) is 0 Å². The van der Waals surface area contributed by atoms with E-state index in [-0.39, 0.29) is 41.0 Å². The van der Waals surface area contributed by atoms with Gasteiger partial charge in [0.1, 0.15) is 36.4 Å². The van der Waals surface area contributed by atoms with Gasteiger partial charge >= 0.3 is 0 Å². The molecule has 11 heteroatoms. The monoisotopic (exact) mass is 504 g/mol. The number of halogens is 2. The highest BCUT2D eigenvalue weighted by molar-refractivity contribution is 5.97. The lowest BCUT2D eigenvalue weighted by molar-refractivity contribution is -0.119. The van der Waals surface area contributed by atoms with E-state index in [1.54, 1.807) is 28.0 Å². The molecular weight excluding hydrogens is 482 g/mol. The van der Waals surface area contributed by atoms with E-state index in [1.165, 1.54) is 23.0 Å². The van der Waals surface area contributed by atoms with Crippen LogP contribution in [0.5, 0.6) is 5.75 Å². The second-order valence-electron chi connectivity index (χ2n) is 9.06. The lowest BCUT2D eigenvalue weighted by Gasteiger charge is -2.38. The summed E-state index contributed by atoms with van der Waals surface area (Å²) in [4.78, 5) is 33.2. The molecule has 0 aliphatic carbocycles. The van der Waals surface area contributed by atoms with Gasteiger partial charge in [-0.3, -0.25) is 14.3 Å². The summed E-state index contributed by atoms with van der Waals surface area (Å²) in [5, 5.41) is 4.70. The van der Waals surface area contributed by atoms with Crippen molar-refractivity contribution in [1.29, 1.82) is 0 Å². The summed E-state index contributed by atoms with van der Waals surface area (Å²) in [7, 11) is 0. The highest BCUT2D eigenvalue weighted by Gasteiger charge is 2.36. The first-order valence-electron chi connectivity index (χ1n) is 11.8. The predicted octanol–water partition coefficient (Wildman–Crippen LogP) is 2.96. The Morgan fingerprint density at radius 2 is 1.92 bits per heavy atom. The van der Waals surface area contributed by atoms with Crippen molar-refractivity contribution in [3.8, 4) is 5.75 Å². The van der Waals surface area contributed by atoms with E-state index in [2.05, 4.69) is 10.1 Å². The van der Waals surface area contributed by atoms with Crippen LogP contribution in [0.25, 0.3) is 10.9 Å². The van der Waals surface area contributed by atoms with Gasteiger partial charge in [-0.1, -0.05) is 12.1 Å². The van der Waals surface area contributed by atoms with E-state index in [0.29, 0.717) is 48.9 Å². The highest BCUT2D eigenvalue weighted by Crippen LogP contribution is 2.35. The number of amides is 2. The molecule has 37 heavy (non-hydrogen) atoms. The normalized spacial score (nSPS) is 15.3. The van der Waals surface area contributed by atoms with Gasteiger partial charge in [0.15, 0.2) is 0 Å². The summed E-state index contributed by atoms with van der Waals surface area (Å²) in [6, 6.07) is 12.3. The van der Waals surface area contributed by atoms with Gasteiger partial charge in [0.25, 0.3) is 5.91 Å². The van der Waals surface area contributed by atoms with Crippen LogP contribution >= 0.6 is 0 Å². The third-order valence-corrected chi connectivity index (χ3v) is 6.69. The highest BCUT2D eigenvalue weighted by atomic mass is 19.1. The zero-order valence-corrected chi connectivity index (χ0v) is 19.6. The smallest absolute Gasteiger partial charge is 0.254 e. The number of anilines is 2. The van der Waals surface area contributed by atoms with Gasteiger partial charge in [-0.25, -0.2) is 13.8 Å². The molecule has 2 aliphatic rings. The van der Waals surface area contributed by atoms with Crippen LogP contribution in [0.3, 0.4) is 0 Å². The molecule has 9 nitrogen and oxygen atoms in total. The molecule has 1 fully saturated rings. The molecule has 0 atom stereocenters. The molecule has 2 amide bonds. The number of pyridine rings is 1. The van der Waals surface area contributed by atoms with E-state index in [1.807, 2.05) is 12.1 Å². The van der Waals surface area contributed by atoms with Crippen LogP contribution in [-0.2, 0) is 11.3 Å². The van der Waals surface area contributed by atoms with E-state index < -0.39 is 11.6 Å². The van der Waals surface area contributed by atoms with E-state index in [4.69, 9.17) is 10.5 Å². The van der Waals surface area contributed by atoms with E-state index >= 15 is 0 Å². The average molecular weight is 504 g/mol. The summed E-state index contributed by atoms with van der Waals surface area (Å²) < 4.78 is 36.2. The SMILES string of the molecule is Nc1cc(C(=O)N2CC(c3nn(CC(=O)N4CCOc5ccccc54)c4cc(F)cc(F)c34)C2)ccn1. The summed E-state index contributed by atoms with van der Waals surface area (Å²) in [5.41, 5.74) is 7.31. The first kappa shape index (κ1) is 22.9. The van der Waals surface area contributed by atoms with Gasteiger partial charge in [0.2, 0.25) is 5.91 Å².